The van der Waals surface area contributed by atoms with Crippen LogP contribution in [-0.2, 0) is 9.53 Å². The summed E-state index contributed by atoms with van der Waals surface area (Å²) in [6.07, 6.45) is -79.1. The van der Waals surface area contributed by atoms with Crippen molar-refractivity contribution >= 4 is 5.97 Å². The molecular formula is C20H40O2. The molecule has 0 aromatic carbocycles. The van der Waals surface area contributed by atoms with Crippen molar-refractivity contribution in [2.75, 3.05) is 6.61 Å². The minimum atomic E-state index is -5.24. The van der Waals surface area contributed by atoms with Crippen molar-refractivity contribution in [1.82, 2.24) is 0 Å². The SMILES string of the molecule is [2H]C([2H])([2H])C([2H])([2H])C([2H])([2H])C([2H])([2H])C([2H])([2H])C([2H])([2H])C([2H])([2H])C([2H])([2H])C([2H])([2H])C([2H])([2H])C([2H])([2H])C([2H])([2H])C([2H])([2H])C([2H])([2H])C([2H])([2H])C([2H])([2H])C([2H])([2H])C(=O)OCC. The van der Waals surface area contributed by atoms with E-state index in [1.165, 1.54) is 0 Å². The van der Waals surface area contributed by atoms with Gasteiger partial charge in [0.25, 0.3) is 0 Å². The largest absolute Gasteiger partial charge is 0.466 e. The molecule has 0 aliphatic rings. The van der Waals surface area contributed by atoms with E-state index in [4.69, 9.17) is 48.0 Å². The Morgan fingerprint density at radius 3 is 1.59 bits per heavy atom. The molecule has 2 heteroatoms. The van der Waals surface area contributed by atoms with Gasteiger partial charge in [0.15, 0.2) is 0 Å². The first-order chi connectivity index (χ1) is 24.0. The van der Waals surface area contributed by atoms with Crippen molar-refractivity contribution in [3.05, 3.63) is 0 Å². The van der Waals surface area contributed by atoms with Crippen molar-refractivity contribution in [3.63, 3.8) is 0 Å². The summed E-state index contributed by atoms with van der Waals surface area (Å²) in [5, 5.41) is 0. The lowest BCUT2D eigenvalue weighted by molar-refractivity contribution is -0.143. The van der Waals surface area contributed by atoms with E-state index in [0.29, 0.717) is 0 Å². The summed E-state index contributed by atoms with van der Waals surface area (Å²) in [5.74, 6) is -2.18. The third-order valence-corrected chi connectivity index (χ3v) is 1.31. The zero-order chi connectivity index (χ0) is 47.5. The van der Waals surface area contributed by atoms with E-state index < -0.39 is 121 Å². The zero-order valence-corrected chi connectivity index (χ0v) is 11.5. The standard InChI is InChI=1S/C20H40O2/c1-3-5-6-7-8-9-10-11-12-13-14-15-16-17-18-19-20(21)22-4-2/h3-19H2,1-2H3/i1D3,3D2,5D2,6D2,7D2,8D2,9D2,10D2,11D2,12D2,13D2,14D2,15D2,16D2,17D2,18D2,19D2. The van der Waals surface area contributed by atoms with E-state index in [2.05, 4.69) is 4.74 Å². The molecule has 0 bridgehead atoms. The van der Waals surface area contributed by atoms with Crippen LogP contribution in [-0.4, -0.2) is 12.6 Å². The van der Waals surface area contributed by atoms with Crippen molar-refractivity contribution in [1.29, 1.82) is 0 Å². The average Bonchev–Trinajstić information content (AvgIpc) is 2.98. The highest BCUT2D eigenvalue weighted by molar-refractivity contribution is 5.69. The number of rotatable bonds is 17. The minimum Gasteiger partial charge on any atom is -0.466 e. The minimum absolute atomic E-state index is 0.660. The summed E-state index contributed by atoms with van der Waals surface area (Å²) in [5.41, 5.74) is 0. The summed E-state index contributed by atoms with van der Waals surface area (Å²) >= 11 is 0. The number of hydrogen-bond acceptors (Lipinski definition) is 2. The van der Waals surface area contributed by atoms with Gasteiger partial charge in [-0.05, 0) is 13.3 Å². The van der Waals surface area contributed by atoms with Crippen LogP contribution in [0.2, 0.25) is 0 Å². The molecular weight excluding hydrogens is 272 g/mol. The summed E-state index contributed by atoms with van der Waals surface area (Å²) in [4.78, 5) is 12.2. The molecule has 132 valence electrons. The maximum Gasteiger partial charge on any atom is 0.305 e. The molecule has 0 unspecified atom stereocenters. The Morgan fingerprint density at radius 2 is 1.18 bits per heavy atom. The molecule has 0 aromatic heterocycles. The van der Waals surface area contributed by atoms with E-state index in [9.17, 15) is 4.79 Å². The first kappa shape index (κ1) is 2.92. The first-order valence-corrected chi connectivity index (χ1v) is 5.65. The Balaban J connectivity index is 7.82. The van der Waals surface area contributed by atoms with Gasteiger partial charge in [-0.25, -0.2) is 0 Å². The summed E-state index contributed by atoms with van der Waals surface area (Å²) in [7, 11) is 0. The number of hydrogen-bond donors (Lipinski definition) is 0. The maximum absolute atomic E-state index is 12.2. The van der Waals surface area contributed by atoms with E-state index >= 15 is 0 Å². The van der Waals surface area contributed by atoms with Crippen LogP contribution in [0.4, 0.5) is 0 Å². The quantitative estimate of drug-likeness (QED) is 0.270. The molecule has 0 amide bonds. The molecule has 0 saturated carbocycles. The van der Waals surface area contributed by atoms with E-state index in [-0.39, 0.29) is 0 Å². The van der Waals surface area contributed by atoms with Gasteiger partial charge in [-0.3, -0.25) is 4.79 Å². The Hall–Kier alpha value is -0.530. The number of carbonyl (C=O) groups is 1. The lowest BCUT2D eigenvalue weighted by Crippen LogP contribution is -2.03. The highest BCUT2D eigenvalue weighted by atomic mass is 16.5. The molecule has 0 aliphatic heterocycles. The summed E-state index contributed by atoms with van der Waals surface area (Å²) in [6, 6.07) is 0. The lowest BCUT2D eigenvalue weighted by Gasteiger charge is -2.03. The van der Waals surface area contributed by atoms with Crippen LogP contribution in [0, 0.1) is 0 Å². The number of ether oxygens (including phenoxy) is 1. The first-order valence-electron chi connectivity index (χ1n) is 23.2. The van der Waals surface area contributed by atoms with E-state index in [0.717, 1.165) is 6.92 Å². The highest BCUT2D eigenvalue weighted by Gasteiger charge is 2.00. The van der Waals surface area contributed by atoms with Crippen molar-refractivity contribution in [2.24, 2.45) is 0 Å². The normalized spacial score (nSPS) is 45.4. The molecule has 0 radical (unpaired) electrons. The molecule has 0 atom stereocenters. The third kappa shape index (κ3) is 17.5. The predicted octanol–water partition coefficient (Wildman–Crippen LogP) is 6.81. The fourth-order valence-corrected chi connectivity index (χ4v) is 0.656. The van der Waals surface area contributed by atoms with Gasteiger partial charge >= 0.3 is 5.97 Å². The molecule has 0 aromatic rings. The van der Waals surface area contributed by atoms with E-state index in [1.54, 1.807) is 0 Å². The van der Waals surface area contributed by atoms with Gasteiger partial charge in [0.2, 0.25) is 0 Å². The fourth-order valence-electron chi connectivity index (χ4n) is 0.656. The lowest BCUT2D eigenvalue weighted by atomic mass is 10.0. The van der Waals surface area contributed by atoms with Gasteiger partial charge in [0, 0.05) is 54.3 Å². The third-order valence-electron chi connectivity index (χ3n) is 1.31. The number of esters is 1. The smallest absolute Gasteiger partial charge is 0.305 e. The molecule has 0 fully saturated rings. The summed E-state index contributed by atoms with van der Waals surface area (Å²) in [6.45, 7) is -3.72. The van der Waals surface area contributed by atoms with Crippen LogP contribution in [0.1, 0.15) is 164 Å². The van der Waals surface area contributed by atoms with Crippen molar-refractivity contribution < 1.29 is 57.5 Å². The predicted molar refractivity (Wildman–Crippen MR) is 96.2 cm³/mol. The molecule has 0 saturated heterocycles. The Bertz CT molecular complexity index is 1480. The van der Waals surface area contributed by atoms with Crippen molar-refractivity contribution in [2.45, 2.75) is 116 Å². The Kier molecular flexibility index (Phi) is 2.46. The average molecular weight is 348 g/mol. The van der Waals surface area contributed by atoms with Crippen LogP contribution >= 0.6 is 0 Å². The second-order valence-electron chi connectivity index (χ2n) is 2.72. The number of carbonyl (C=O) groups excluding carboxylic acids is 1. The topological polar surface area (TPSA) is 26.3 Å². The second kappa shape index (κ2) is 18.5. The van der Waals surface area contributed by atoms with Gasteiger partial charge in [-0.2, -0.15) is 0 Å². The van der Waals surface area contributed by atoms with Gasteiger partial charge in [-0.1, -0.05) is 96.1 Å². The molecule has 0 N–H and O–H groups in total. The van der Waals surface area contributed by atoms with Gasteiger partial charge in [0.05, 0.1) is 6.61 Å². The van der Waals surface area contributed by atoms with Crippen LogP contribution < -0.4 is 0 Å². The van der Waals surface area contributed by atoms with Crippen LogP contribution in [0.5, 0.6) is 0 Å². The molecule has 0 aliphatic carbocycles. The fraction of sp³-hybridized carbons (Fsp3) is 0.950. The second-order valence-corrected chi connectivity index (χ2v) is 2.72. The maximum atomic E-state index is 12.2. The van der Waals surface area contributed by atoms with E-state index in [1.807, 2.05) is 0 Å². The Morgan fingerprint density at radius 1 is 0.773 bits per heavy atom. The van der Waals surface area contributed by atoms with Gasteiger partial charge in [0.1, 0.15) is 0 Å². The highest BCUT2D eigenvalue weighted by Crippen LogP contribution is 2.13. The van der Waals surface area contributed by atoms with Crippen LogP contribution in [0.25, 0.3) is 0 Å². The van der Waals surface area contributed by atoms with Crippen molar-refractivity contribution in [3.8, 4) is 0 Å². The Labute approximate surface area is 188 Å². The zero-order valence-electron chi connectivity index (χ0n) is 46.5. The summed E-state index contributed by atoms with van der Waals surface area (Å²) < 4.78 is 285. The molecule has 0 rings (SSSR count). The van der Waals surface area contributed by atoms with Gasteiger partial charge in [-0.15, -0.1) is 0 Å². The molecule has 2 nitrogen and oxygen atoms in total. The van der Waals surface area contributed by atoms with Crippen LogP contribution in [0.15, 0.2) is 0 Å². The monoisotopic (exact) mass is 348 g/mol. The molecule has 0 spiro atoms. The van der Waals surface area contributed by atoms with Crippen LogP contribution in [0.3, 0.4) is 0 Å². The van der Waals surface area contributed by atoms with Gasteiger partial charge < -0.3 is 4.74 Å². The molecule has 0 heterocycles. The molecule has 22 heavy (non-hydrogen) atoms.